The molecule has 0 bridgehead atoms. The first-order valence-electron chi connectivity index (χ1n) is 6.70. The van der Waals surface area contributed by atoms with Crippen molar-refractivity contribution < 1.29 is 4.79 Å². The summed E-state index contributed by atoms with van der Waals surface area (Å²) in [6.07, 6.45) is 7.34. The Balaban J connectivity index is 2.13. The number of rotatable bonds is 2. The van der Waals surface area contributed by atoms with Crippen LogP contribution in [0.5, 0.6) is 0 Å². The Bertz CT molecular complexity index is 271. The molecule has 3 nitrogen and oxygen atoms in total. The summed E-state index contributed by atoms with van der Waals surface area (Å²) in [7, 11) is 0. The first-order valence-corrected chi connectivity index (χ1v) is 6.70. The van der Waals surface area contributed by atoms with Gasteiger partial charge in [0.2, 0.25) is 5.91 Å². The Morgan fingerprint density at radius 1 is 1.38 bits per heavy atom. The van der Waals surface area contributed by atoms with E-state index in [0.717, 1.165) is 44.9 Å². The Kier molecular flexibility index (Phi) is 3.24. The lowest BCUT2D eigenvalue weighted by Gasteiger charge is -2.35. The minimum absolute atomic E-state index is 0.224. The van der Waals surface area contributed by atoms with E-state index in [1.807, 2.05) is 0 Å². The van der Waals surface area contributed by atoms with Crippen LogP contribution in [0.3, 0.4) is 0 Å². The molecule has 2 unspecified atom stereocenters. The van der Waals surface area contributed by atoms with Gasteiger partial charge in [-0.2, -0.15) is 0 Å². The average molecular weight is 224 g/mol. The van der Waals surface area contributed by atoms with Crippen LogP contribution in [0.2, 0.25) is 0 Å². The average Bonchev–Trinajstić information content (AvgIpc) is 2.85. The predicted octanol–water partition coefficient (Wildman–Crippen LogP) is 2.05. The van der Waals surface area contributed by atoms with Gasteiger partial charge < -0.3 is 10.6 Å². The Morgan fingerprint density at radius 2 is 2.00 bits per heavy atom. The van der Waals surface area contributed by atoms with Crippen LogP contribution in [0.4, 0.5) is 0 Å². The van der Waals surface area contributed by atoms with Crippen molar-refractivity contribution in [1.82, 2.24) is 4.90 Å². The molecule has 0 radical (unpaired) electrons. The molecule has 2 aliphatic rings. The van der Waals surface area contributed by atoms with E-state index in [0.29, 0.717) is 12.1 Å². The number of nitrogens with two attached hydrogens (primary N) is 1. The van der Waals surface area contributed by atoms with E-state index in [-0.39, 0.29) is 5.91 Å². The molecule has 2 fully saturated rings. The molecule has 1 amide bonds. The van der Waals surface area contributed by atoms with Crippen LogP contribution < -0.4 is 5.73 Å². The number of amides is 1. The van der Waals surface area contributed by atoms with Gasteiger partial charge in [-0.25, -0.2) is 0 Å². The van der Waals surface area contributed by atoms with E-state index in [1.165, 1.54) is 0 Å². The minimum atomic E-state index is -0.536. The first-order chi connectivity index (χ1) is 7.58. The van der Waals surface area contributed by atoms with Crippen LogP contribution in [-0.4, -0.2) is 28.4 Å². The molecule has 2 rings (SSSR count). The lowest BCUT2D eigenvalue weighted by Crippen LogP contribution is -2.56. The fourth-order valence-electron chi connectivity index (χ4n) is 3.32. The molecule has 0 aromatic heterocycles. The van der Waals surface area contributed by atoms with Gasteiger partial charge in [-0.1, -0.05) is 19.8 Å². The third-order valence-electron chi connectivity index (χ3n) is 4.41. The zero-order chi connectivity index (χ0) is 11.8. The highest BCUT2D eigenvalue weighted by atomic mass is 16.2. The van der Waals surface area contributed by atoms with Gasteiger partial charge in [-0.15, -0.1) is 0 Å². The second-order valence-electron chi connectivity index (χ2n) is 5.56. The maximum absolute atomic E-state index is 12.5. The smallest absolute Gasteiger partial charge is 0.243 e. The van der Waals surface area contributed by atoms with E-state index in [2.05, 4.69) is 18.7 Å². The first kappa shape index (κ1) is 11.9. The molecule has 0 spiro atoms. The van der Waals surface area contributed by atoms with Gasteiger partial charge in [-0.05, 0) is 39.0 Å². The lowest BCUT2D eigenvalue weighted by molar-refractivity contribution is -0.139. The molecule has 1 saturated heterocycles. The van der Waals surface area contributed by atoms with Crippen LogP contribution in [0.1, 0.15) is 58.8 Å². The highest BCUT2D eigenvalue weighted by molar-refractivity contribution is 5.87. The summed E-state index contributed by atoms with van der Waals surface area (Å²) >= 11 is 0. The van der Waals surface area contributed by atoms with E-state index < -0.39 is 5.54 Å². The second-order valence-corrected chi connectivity index (χ2v) is 5.56. The van der Waals surface area contributed by atoms with Crippen molar-refractivity contribution in [3.63, 3.8) is 0 Å². The fourth-order valence-corrected chi connectivity index (χ4v) is 3.32. The summed E-state index contributed by atoms with van der Waals surface area (Å²) in [5, 5.41) is 0. The van der Waals surface area contributed by atoms with Crippen LogP contribution in [0, 0.1) is 0 Å². The van der Waals surface area contributed by atoms with Gasteiger partial charge in [0.05, 0.1) is 5.54 Å². The molecule has 3 heteroatoms. The topological polar surface area (TPSA) is 46.3 Å². The van der Waals surface area contributed by atoms with Crippen molar-refractivity contribution in [2.75, 3.05) is 0 Å². The Labute approximate surface area is 98.4 Å². The lowest BCUT2D eigenvalue weighted by atomic mass is 9.96. The van der Waals surface area contributed by atoms with Crippen LogP contribution in [-0.2, 0) is 4.79 Å². The van der Waals surface area contributed by atoms with Crippen molar-refractivity contribution in [2.24, 2.45) is 5.73 Å². The molecule has 0 aromatic rings. The van der Waals surface area contributed by atoms with Crippen molar-refractivity contribution in [3.8, 4) is 0 Å². The third kappa shape index (κ3) is 1.86. The zero-order valence-electron chi connectivity index (χ0n) is 10.5. The second kappa shape index (κ2) is 4.36. The summed E-state index contributed by atoms with van der Waals surface area (Å²) < 4.78 is 0. The molecule has 92 valence electrons. The van der Waals surface area contributed by atoms with Crippen LogP contribution >= 0.6 is 0 Å². The molecule has 1 heterocycles. The normalized spacial score (nSPS) is 33.3. The molecule has 1 aliphatic heterocycles. The standard InChI is InChI=1S/C13H24N2O/c1-3-11-7-6-10(2)15(11)12(16)13(14)8-4-5-9-13/h10-11H,3-9,14H2,1-2H3. The summed E-state index contributed by atoms with van der Waals surface area (Å²) in [4.78, 5) is 14.6. The molecule has 1 saturated carbocycles. The minimum Gasteiger partial charge on any atom is -0.335 e. The maximum atomic E-state index is 12.5. The summed E-state index contributed by atoms with van der Waals surface area (Å²) in [6.45, 7) is 4.33. The van der Waals surface area contributed by atoms with Crippen molar-refractivity contribution in [2.45, 2.75) is 76.4 Å². The van der Waals surface area contributed by atoms with Crippen molar-refractivity contribution >= 4 is 5.91 Å². The zero-order valence-corrected chi connectivity index (χ0v) is 10.5. The largest absolute Gasteiger partial charge is 0.335 e. The maximum Gasteiger partial charge on any atom is 0.243 e. The van der Waals surface area contributed by atoms with Crippen LogP contribution in [0.25, 0.3) is 0 Å². The SMILES string of the molecule is CCC1CCC(C)N1C(=O)C1(N)CCCC1. The van der Waals surface area contributed by atoms with E-state index in [1.54, 1.807) is 0 Å². The van der Waals surface area contributed by atoms with E-state index >= 15 is 0 Å². The number of hydrogen-bond acceptors (Lipinski definition) is 2. The van der Waals surface area contributed by atoms with Gasteiger partial charge in [0.25, 0.3) is 0 Å². The number of hydrogen-bond donors (Lipinski definition) is 1. The van der Waals surface area contributed by atoms with Crippen molar-refractivity contribution in [1.29, 1.82) is 0 Å². The van der Waals surface area contributed by atoms with Gasteiger partial charge in [0, 0.05) is 12.1 Å². The monoisotopic (exact) mass is 224 g/mol. The summed E-state index contributed by atoms with van der Waals surface area (Å²) in [5.74, 6) is 0.224. The Hall–Kier alpha value is -0.570. The number of likely N-dealkylation sites (tertiary alicyclic amines) is 1. The summed E-state index contributed by atoms with van der Waals surface area (Å²) in [5.41, 5.74) is 5.73. The quantitative estimate of drug-likeness (QED) is 0.780. The van der Waals surface area contributed by atoms with E-state index in [4.69, 9.17) is 5.73 Å². The third-order valence-corrected chi connectivity index (χ3v) is 4.41. The molecule has 16 heavy (non-hydrogen) atoms. The predicted molar refractivity (Wildman–Crippen MR) is 65.0 cm³/mol. The fraction of sp³-hybridized carbons (Fsp3) is 0.923. The summed E-state index contributed by atoms with van der Waals surface area (Å²) in [6, 6.07) is 0.821. The Morgan fingerprint density at radius 3 is 2.56 bits per heavy atom. The van der Waals surface area contributed by atoms with Gasteiger partial charge in [0.1, 0.15) is 0 Å². The molecular formula is C13H24N2O. The number of carbonyl (C=O) groups excluding carboxylic acids is 1. The molecule has 0 aromatic carbocycles. The molecule has 2 N–H and O–H groups in total. The number of carbonyl (C=O) groups is 1. The van der Waals surface area contributed by atoms with Gasteiger partial charge in [-0.3, -0.25) is 4.79 Å². The highest BCUT2D eigenvalue weighted by Gasteiger charge is 2.44. The number of nitrogens with zero attached hydrogens (tertiary/aromatic N) is 1. The van der Waals surface area contributed by atoms with Crippen molar-refractivity contribution in [3.05, 3.63) is 0 Å². The van der Waals surface area contributed by atoms with E-state index in [9.17, 15) is 4.79 Å². The molecular weight excluding hydrogens is 200 g/mol. The molecule has 2 atom stereocenters. The highest BCUT2D eigenvalue weighted by Crippen LogP contribution is 2.34. The van der Waals surface area contributed by atoms with Gasteiger partial charge >= 0.3 is 0 Å². The molecule has 1 aliphatic carbocycles. The van der Waals surface area contributed by atoms with Crippen LogP contribution in [0.15, 0.2) is 0 Å². The van der Waals surface area contributed by atoms with Gasteiger partial charge in [0.15, 0.2) is 0 Å².